The molecule has 0 unspecified atom stereocenters. The van der Waals surface area contributed by atoms with Crippen molar-refractivity contribution in [3.8, 4) is 5.75 Å². The summed E-state index contributed by atoms with van der Waals surface area (Å²) in [6.07, 6.45) is 2.90. The first kappa shape index (κ1) is 23.1. The van der Waals surface area contributed by atoms with Crippen LogP contribution in [0, 0.1) is 12.8 Å². The van der Waals surface area contributed by atoms with Crippen LogP contribution < -0.4 is 4.74 Å². The number of benzene rings is 3. The van der Waals surface area contributed by atoms with Gasteiger partial charge in [0.05, 0.1) is 17.2 Å². The molecule has 1 aliphatic rings. The fraction of sp³-hybridized carbons (Fsp3) is 0.286. The maximum atomic E-state index is 13.5. The smallest absolute Gasteiger partial charge is 0.266 e. The lowest BCUT2D eigenvalue weighted by Crippen LogP contribution is -2.32. The van der Waals surface area contributed by atoms with Crippen molar-refractivity contribution in [2.45, 2.75) is 34.1 Å². The summed E-state index contributed by atoms with van der Waals surface area (Å²) in [6, 6.07) is 20.3. The average molecular weight is 459 g/mol. The molecule has 0 atom stereocenters. The van der Waals surface area contributed by atoms with Crippen LogP contribution in [0.4, 0.5) is 5.69 Å². The molecule has 1 heterocycles. The molecular weight excluding hydrogens is 428 g/mol. The van der Waals surface area contributed by atoms with Crippen LogP contribution >= 0.6 is 11.8 Å². The molecule has 0 radical (unpaired) electrons. The van der Waals surface area contributed by atoms with Gasteiger partial charge in [0.25, 0.3) is 5.91 Å². The SMILES string of the molecule is CCCOc1ccc2ccccc2c1/C=C1/SC(=Nc2ccc(C)cc2)N(CC(C)C)C1=O. The van der Waals surface area contributed by atoms with Crippen LogP contribution in [0.5, 0.6) is 5.75 Å². The van der Waals surface area contributed by atoms with Gasteiger partial charge in [-0.05, 0) is 66.1 Å². The Bertz CT molecular complexity index is 1210. The average Bonchev–Trinajstić information content (AvgIpc) is 3.08. The molecular formula is C28H30N2O2S. The number of hydrogen-bond acceptors (Lipinski definition) is 4. The van der Waals surface area contributed by atoms with Crippen LogP contribution in [-0.2, 0) is 4.79 Å². The van der Waals surface area contributed by atoms with Crippen molar-refractivity contribution in [3.63, 3.8) is 0 Å². The van der Waals surface area contributed by atoms with E-state index in [0.717, 1.165) is 39.4 Å². The van der Waals surface area contributed by atoms with E-state index in [9.17, 15) is 4.79 Å². The number of carbonyl (C=O) groups excluding carboxylic acids is 1. The maximum absolute atomic E-state index is 13.5. The maximum Gasteiger partial charge on any atom is 0.266 e. The highest BCUT2D eigenvalue weighted by molar-refractivity contribution is 8.18. The highest BCUT2D eigenvalue weighted by Crippen LogP contribution is 2.38. The van der Waals surface area contributed by atoms with Gasteiger partial charge in [-0.2, -0.15) is 0 Å². The Morgan fingerprint density at radius 2 is 1.82 bits per heavy atom. The number of ether oxygens (including phenoxy) is 1. The Hall–Kier alpha value is -3.05. The molecule has 1 saturated heterocycles. The van der Waals surface area contributed by atoms with Crippen LogP contribution in [0.25, 0.3) is 16.8 Å². The molecule has 4 rings (SSSR count). The summed E-state index contributed by atoms with van der Waals surface area (Å²) in [5, 5.41) is 2.92. The molecule has 1 amide bonds. The van der Waals surface area contributed by atoms with E-state index in [1.54, 1.807) is 4.90 Å². The number of thioether (sulfide) groups is 1. The molecule has 0 aliphatic carbocycles. The minimum absolute atomic E-state index is 0.00561. The van der Waals surface area contributed by atoms with Gasteiger partial charge < -0.3 is 4.74 Å². The molecule has 33 heavy (non-hydrogen) atoms. The minimum Gasteiger partial charge on any atom is -0.493 e. The zero-order valence-electron chi connectivity index (χ0n) is 19.7. The molecule has 0 aromatic heterocycles. The monoisotopic (exact) mass is 458 g/mol. The van der Waals surface area contributed by atoms with Gasteiger partial charge >= 0.3 is 0 Å². The number of fused-ring (bicyclic) bond motifs is 1. The van der Waals surface area contributed by atoms with Gasteiger partial charge in [-0.1, -0.05) is 68.8 Å². The lowest BCUT2D eigenvalue weighted by Gasteiger charge is -2.17. The van der Waals surface area contributed by atoms with E-state index in [1.807, 2.05) is 48.5 Å². The molecule has 5 heteroatoms. The molecule has 170 valence electrons. The third-order valence-corrected chi connectivity index (χ3v) is 6.37. The standard InChI is InChI=1S/C28H30N2O2S/c1-5-16-32-25-15-12-21-8-6-7-9-23(21)24(25)17-26-27(31)30(18-19(2)3)28(33-26)29-22-13-10-20(4)11-14-22/h6-15,17,19H,5,16,18H2,1-4H3/b26-17+,29-28?. The number of hydrogen-bond donors (Lipinski definition) is 0. The Morgan fingerprint density at radius 3 is 2.55 bits per heavy atom. The first-order valence-corrected chi connectivity index (χ1v) is 12.3. The molecule has 4 nitrogen and oxygen atoms in total. The zero-order chi connectivity index (χ0) is 23.4. The van der Waals surface area contributed by atoms with Gasteiger partial charge in [0.15, 0.2) is 5.17 Å². The van der Waals surface area contributed by atoms with E-state index in [0.29, 0.717) is 24.0 Å². The van der Waals surface area contributed by atoms with E-state index in [-0.39, 0.29) is 5.91 Å². The van der Waals surface area contributed by atoms with E-state index in [1.165, 1.54) is 17.3 Å². The molecule has 0 bridgehead atoms. The third kappa shape index (κ3) is 5.31. The van der Waals surface area contributed by atoms with Gasteiger partial charge in [-0.15, -0.1) is 0 Å². The topological polar surface area (TPSA) is 41.9 Å². The van der Waals surface area contributed by atoms with Gasteiger partial charge in [-0.25, -0.2) is 4.99 Å². The van der Waals surface area contributed by atoms with Crippen molar-refractivity contribution in [1.82, 2.24) is 4.90 Å². The second-order valence-electron chi connectivity index (χ2n) is 8.70. The summed E-state index contributed by atoms with van der Waals surface area (Å²) in [5.74, 6) is 1.13. The number of aliphatic imine (C=N–C) groups is 1. The van der Waals surface area contributed by atoms with Crippen molar-refractivity contribution in [2.75, 3.05) is 13.2 Å². The second-order valence-corrected chi connectivity index (χ2v) is 9.71. The Kier molecular flexibility index (Phi) is 7.19. The summed E-state index contributed by atoms with van der Waals surface area (Å²) < 4.78 is 6.06. The van der Waals surface area contributed by atoms with Crippen molar-refractivity contribution in [2.24, 2.45) is 10.9 Å². The van der Waals surface area contributed by atoms with E-state index < -0.39 is 0 Å². The summed E-state index contributed by atoms with van der Waals surface area (Å²) in [7, 11) is 0. The molecule has 0 N–H and O–H groups in total. The quantitative estimate of drug-likeness (QED) is 0.352. The van der Waals surface area contributed by atoms with Crippen molar-refractivity contribution >= 4 is 45.4 Å². The van der Waals surface area contributed by atoms with Crippen molar-refractivity contribution in [3.05, 3.63) is 76.7 Å². The van der Waals surface area contributed by atoms with Crippen LogP contribution in [0.15, 0.2) is 70.6 Å². The summed E-state index contributed by atoms with van der Waals surface area (Å²) >= 11 is 1.44. The number of rotatable bonds is 7. The zero-order valence-corrected chi connectivity index (χ0v) is 20.5. The van der Waals surface area contributed by atoms with E-state index in [4.69, 9.17) is 9.73 Å². The highest BCUT2D eigenvalue weighted by atomic mass is 32.2. The third-order valence-electron chi connectivity index (χ3n) is 5.36. The minimum atomic E-state index is -0.00561. The Morgan fingerprint density at radius 1 is 1.06 bits per heavy atom. The van der Waals surface area contributed by atoms with Crippen LogP contribution in [-0.4, -0.2) is 29.1 Å². The summed E-state index contributed by atoms with van der Waals surface area (Å²) in [6.45, 7) is 9.64. The van der Waals surface area contributed by atoms with Crippen LogP contribution in [0.2, 0.25) is 0 Å². The van der Waals surface area contributed by atoms with Gasteiger partial charge in [-0.3, -0.25) is 9.69 Å². The number of nitrogens with zero attached hydrogens (tertiary/aromatic N) is 2. The molecule has 0 saturated carbocycles. The fourth-order valence-electron chi connectivity index (χ4n) is 3.74. The van der Waals surface area contributed by atoms with Gasteiger partial charge in [0.1, 0.15) is 5.75 Å². The van der Waals surface area contributed by atoms with Crippen LogP contribution in [0.1, 0.15) is 38.3 Å². The summed E-state index contributed by atoms with van der Waals surface area (Å²) in [4.78, 5) is 20.8. The number of aryl methyl sites for hydroxylation is 1. The first-order valence-electron chi connectivity index (χ1n) is 11.5. The van der Waals surface area contributed by atoms with E-state index >= 15 is 0 Å². The Labute approximate surface area is 200 Å². The molecule has 3 aromatic carbocycles. The predicted octanol–water partition coefficient (Wildman–Crippen LogP) is 7.20. The lowest BCUT2D eigenvalue weighted by atomic mass is 10.0. The van der Waals surface area contributed by atoms with Gasteiger partial charge in [0, 0.05) is 12.1 Å². The fourth-order valence-corrected chi connectivity index (χ4v) is 4.73. The normalized spacial score (nSPS) is 16.5. The van der Waals surface area contributed by atoms with Gasteiger partial charge in [0.2, 0.25) is 0 Å². The summed E-state index contributed by atoms with van der Waals surface area (Å²) in [5.41, 5.74) is 2.98. The van der Waals surface area contributed by atoms with Crippen molar-refractivity contribution < 1.29 is 9.53 Å². The number of amidine groups is 1. The molecule has 1 aliphatic heterocycles. The lowest BCUT2D eigenvalue weighted by molar-refractivity contribution is -0.122. The number of carbonyl (C=O) groups is 1. The Balaban J connectivity index is 1.78. The molecule has 3 aromatic rings. The molecule has 1 fully saturated rings. The number of amides is 1. The first-order chi connectivity index (χ1) is 16.0. The predicted molar refractivity (Wildman–Crippen MR) is 140 cm³/mol. The largest absolute Gasteiger partial charge is 0.493 e. The molecule has 0 spiro atoms. The highest BCUT2D eigenvalue weighted by Gasteiger charge is 2.34. The second kappa shape index (κ2) is 10.3. The van der Waals surface area contributed by atoms with Crippen molar-refractivity contribution in [1.29, 1.82) is 0 Å². The van der Waals surface area contributed by atoms with Crippen LogP contribution in [0.3, 0.4) is 0 Å². The van der Waals surface area contributed by atoms with E-state index in [2.05, 4.69) is 45.9 Å².